The number of aromatic nitrogens is 2. The third kappa shape index (κ3) is 1.07. The zero-order chi connectivity index (χ0) is 9.42. The van der Waals surface area contributed by atoms with Crippen molar-refractivity contribution in [2.24, 2.45) is 0 Å². The van der Waals surface area contributed by atoms with Gasteiger partial charge in [-0.25, -0.2) is 4.40 Å². The SMILES string of the molecule is Cc1c[nH]c2cccc(=O)n2c1=O. The van der Waals surface area contributed by atoms with Crippen LogP contribution in [0, 0.1) is 6.92 Å². The standard InChI is InChI=1S/C9H8N2O2/c1-6-5-10-7-3-2-4-8(12)11(7)9(6)13/h2-5,10H,1H3. The smallest absolute Gasteiger partial charge is 0.263 e. The van der Waals surface area contributed by atoms with Crippen LogP contribution in [0.25, 0.3) is 5.65 Å². The number of hydrogen-bond acceptors (Lipinski definition) is 2. The zero-order valence-corrected chi connectivity index (χ0v) is 7.07. The first-order valence-corrected chi connectivity index (χ1v) is 3.90. The Kier molecular flexibility index (Phi) is 1.55. The minimum Gasteiger partial charge on any atom is -0.347 e. The van der Waals surface area contributed by atoms with E-state index in [2.05, 4.69) is 4.98 Å². The van der Waals surface area contributed by atoms with Gasteiger partial charge in [0.2, 0.25) is 0 Å². The van der Waals surface area contributed by atoms with Crippen LogP contribution in [0.4, 0.5) is 0 Å². The fourth-order valence-electron chi connectivity index (χ4n) is 1.23. The van der Waals surface area contributed by atoms with E-state index in [0.29, 0.717) is 11.2 Å². The molecule has 0 radical (unpaired) electrons. The molecule has 0 aliphatic heterocycles. The largest absolute Gasteiger partial charge is 0.347 e. The van der Waals surface area contributed by atoms with E-state index in [-0.39, 0.29) is 11.1 Å². The Labute approximate surface area is 73.5 Å². The summed E-state index contributed by atoms with van der Waals surface area (Å²) >= 11 is 0. The number of aromatic amines is 1. The maximum atomic E-state index is 11.5. The van der Waals surface area contributed by atoms with Crippen molar-refractivity contribution < 1.29 is 0 Å². The van der Waals surface area contributed by atoms with Crippen LogP contribution in [0.5, 0.6) is 0 Å². The Morgan fingerprint density at radius 3 is 2.85 bits per heavy atom. The second-order valence-corrected chi connectivity index (χ2v) is 2.86. The molecule has 0 saturated heterocycles. The summed E-state index contributed by atoms with van der Waals surface area (Å²) in [7, 11) is 0. The van der Waals surface area contributed by atoms with Crippen molar-refractivity contribution in [2.75, 3.05) is 0 Å². The molecular formula is C9H8N2O2. The molecule has 0 saturated carbocycles. The van der Waals surface area contributed by atoms with Gasteiger partial charge in [-0.3, -0.25) is 9.59 Å². The van der Waals surface area contributed by atoms with Crippen molar-refractivity contribution in [3.8, 4) is 0 Å². The van der Waals surface area contributed by atoms with Crippen molar-refractivity contribution >= 4 is 5.65 Å². The highest BCUT2D eigenvalue weighted by Gasteiger charge is 2.00. The minimum absolute atomic E-state index is 0.264. The lowest BCUT2D eigenvalue weighted by Crippen LogP contribution is -2.27. The van der Waals surface area contributed by atoms with E-state index in [1.807, 2.05) is 0 Å². The van der Waals surface area contributed by atoms with Crippen LogP contribution in [-0.2, 0) is 0 Å². The van der Waals surface area contributed by atoms with Crippen molar-refractivity contribution in [3.63, 3.8) is 0 Å². The molecule has 0 aliphatic rings. The van der Waals surface area contributed by atoms with Gasteiger partial charge in [0, 0.05) is 17.8 Å². The van der Waals surface area contributed by atoms with E-state index in [4.69, 9.17) is 0 Å². The lowest BCUT2D eigenvalue weighted by atomic mass is 10.3. The molecule has 66 valence electrons. The van der Waals surface area contributed by atoms with Gasteiger partial charge in [0.25, 0.3) is 11.1 Å². The fourth-order valence-corrected chi connectivity index (χ4v) is 1.23. The zero-order valence-electron chi connectivity index (χ0n) is 7.07. The lowest BCUT2D eigenvalue weighted by Gasteiger charge is -1.99. The molecule has 0 bridgehead atoms. The summed E-state index contributed by atoms with van der Waals surface area (Å²) in [6.45, 7) is 1.66. The number of fused-ring (bicyclic) bond motifs is 1. The van der Waals surface area contributed by atoms with E-state index in [9.17, 15) is 9.59 Å². The summed E-state index contributed by atoms with van der Waals surface area (Å²) in [5, 5.41) is 0. The van der Waals surface area contributed by atoms with Crippen LogP contribution in [0.3, 0.4) is 0 Å². The van der Waals surface area contributed by atoms with Crippen molar-refractivity contribution in [1.82, 2.24) is 9.38 Å². The maximum Gasteiger partial charge on any atom is 0.263 e. The van der Waals surface area contributed by atoms with E-state index in [1.54, 1.807) is 25.3 Å². The lowest BCUT2D eigenvalue weighted by molar-refractivity contribution is 0.976. The molecule has 1 N–H and O–H groups in total. The highest BCUT2D eigenvalue weighted by Crippen LogP contribution is 1.91. The number of pyridine rings is 1. The monoisotopic (exact) mass is 176 g/mol. The summed E-state index contributed by atoms with van der Waals surface area (Å²) in [6, 6.07) is 4.66. The number of H-pyrrole nitrogens is 1. The fraction of sp³-hybridized carbons (Fsp3) is 0.111. The first kappa shape index (κ1) is 7.79. The van der Waals surface area contributed by atoms with Gasteiger partial charge in [0.05, 0.1) is 0 Å². The van der Waals surface area contributed by atoms with Gasteiger partial charge in [-0.1, -0.05) is 6.07 Å². The average Bonchev–Trinajstić information content (AvgIpc) is 2.12. The first-order valence-electron chi connectivity index (χ1n) is 3.90. The Bertz CT molecular complexity index is 566. The first-order chi connectivity index (χ1) is 6.20. The minimum atomic E-state index is -0.303. The molecule has 0 amide bonds. The van der Waals surface area contributed by atoms with Gasteiger partial charge < -0.3 is 4.98 Å². The number of rotatable bonds is 0. The predicted molar refractivity (Wildman–Crippen MR) is 49.0 cm³/mol. The molecule has 13 heavy (non-hydrogen) atoms. The Hall–Kier alpha value is -1.84. The third-order valence-corrected chi connectivity index (χ3v) is 1.93. The summed E-state index contributed by atoms with van der Waals surface area (Å²) in [4.78, 5) is 25.7. The number of nitrogens with zero attached hydrogens (tertiary/aromatic N) is 1. The van der Waals surface area contributed by atoms with Crippen LogP contribution in [0.2, 0.25) is 0 Å². The molecule has 0 unspecified atom stereocenters. The maximum absolute atomic E-state index is 11.5. The molecule has 0 fully saturated rings. The van der Waals surface area contributed by atoms with Crippen LogP contribution >= 0.6 is 0 Å². The second-order valence-electron chi connectivity index (χ2n) is 2.86. The van der Waals surface area contributed by atoms with E-state index >= 15 is 0 Å². The van der Waals surface area contributed by atoms with Gasteiger partial charge in [-0.15, -0.1) is 0 Å². The van der Waals surface area contributed by atoms with Crippen LogP contribution in [0.1, 0.15) is 5.56 Å². The number of hydrogen-bond donors (Lipinski definition) is 1. The Balaban J connectivity index is 3.15. The van der Waals surface area contributed by atoms with Crippen molar-refractivity contribution in [3.05, 3.63) is 50.7 Å². The molecule has 2 aromatic rings. The molecule has 0 spiro atoms. The molecule has 4 heteroatoms. The normalized spacial score (nSPS) is 10.5. The molecule has 0 aliphatic carbocycles. The average molecular weight is 176 g/mol. The van der Waals surface area contributed by atoms with Gasteiger partial charge in [-0.05, 0) is 13.0 Å². The van der Waals surface area contributed by atoms with Gasteiger partial charge in [0.1, 0.15) is 5.65 Å². The quantitative estimate of drug-likeness (QED) is 0.627. The summed E-state index contributed by atoms with van der Waals surface area (Å²) < 4.78 is 1.12. The molecule has 4 nitrogen and oxygen atoms in total. The van der Waals surface area contributed by atoms with Gasteiger partial charge >= 0.3 is 0 Å². The molecule has 0 atom stereocenters. The topological polar surface area (TPSA) is 54.3 Å². The second kappa shape index (κ2) is 2.58. The number of aryl methyl sites for hydroxylation is 1. The molecule has 2 heterocycles. The van der Waals surface area contributed by atoms with Crippen LogP contribution in [-0.4, -0.2) is 9.38 Å². The van der Waals surface area contributed by atoms with Crippen LogP contribution in [0.15, 0.2) is 34.0 Å². The molecule has 2 rings (SSSR count). The third-order valence-electron chi connectivity index (χ3n) is 1.93. The van der Waals surface area contributed by atoms with Gasteiger partial charge in [-0.2, -0.15) is 0 Å². The van der Waals surface area contributed by atoms with Crippen molar-refractivity contribution in [2.45, 2.75) is 6.92 Å². The molecular weight excluding hydrogens is 168 g/mol. The summed E-state index contributed by atoms with van der Waals surface area (Å²) in [6.07, 6.45) is 1.59. The van der Waals surface area contributed by atoms with E-state index < -0.39 is 0 Å². The van der Waals surface area contributed by atoms with Crippen molar-refractivity contribution in [1.29, 1.82) is 0 Å². The Morgan fingerprint density at radius 1 is 1.31 bits per heavy atom. The summed E-state index contributed by atoms with van der Waals surface area (Å²) in [5.41, 5.74) is 0.478. The highest BCUT2D eigenvalue weighted by molar-refractivity contribution is 5.37. The predicted octanol–water partition coefficient (Wildman–Crippen LogP) is 0.296. The highest BCUT2D eigenvalue weighted by atomic mass is 16.2. The molecule has 0 aromatic carbocycles. The van der Waals surface area contributed by atoms with Crippen LogP contribution < -0.4 is 11.1 Å². The summed E-state index contributed by atoms with van der Waals surface area (Å²) in [5.74, 6) is 0. The van der Waals surface area contributed by atoms with Gasteiger partial charge in [0.15, 0.2) is 0 Å². The van der Waals surface area contributed by atoms with E-state index in [1.165, 1.54) is 6.07 Å². The number of nitrogens with one attached hydrogen (secondary N) is 1. The van der Waals surface area contributed by atoms with E-state index in [0.717, 1.165) is 4.40 Å². The molecule has 2 aromatic heterocycles. The Morgan fingerprint density at radius 2 is 2.08 bits per heavy atom.